The van der Waals surface area contributed by atoms with Crippen LogP contribution < -0.4 is 0 Å². The van der Waals surface area contributed by atoms with Gasteiger partial charge in [0.05, 0.1) is 12.2 Å². The molecule has 0 bridgehead atoms. The predicted octanol–water partition coefficient (Wildman–Crippen LogP) is 1.77. The lowest BCUT2D eigenvalue weighted by atomic mass is 10.1. The van der Waals surface area contributed by atoms with Gasteiger partial charge in [-0.05, 0) is 12.0 Å². The number of rotatable bonds is 6. The maximum absolute atomic E-state index is 11.2. The molecule has 0 radical (unpaired) electrons. The van der Waals surface area contributed by atoms with E-state index in [2.05, 4.69) is 6.58 Å². The molecule has 0 fully saturated rings. The van der Waals surface area contributed by atoms with Gasteiger partial charge < -0.3 is 9.84 Å². The van der Waals surface area contributed by atoms with Crippen molar-refractivity contribution in [2.75, 3.05) is 6.61 Å². The van der Waals surface area contributed by atoms with E-state index in [0.717, 1.165) is 18.6 Å². The molecule has 0 spiro atoms. The number of carbonyl (C=O) groups is 2. The van der Waals surface area contributed by atoms with Crippen LogP contribution in [0.25, 0.3) is 0 Å². The van der Waals surface area contributed by atoms with Crippen LogP contribution in [-0.2, 0) is 14.3 Å². The fourth-order valence-corrected chi connectivity index (χ4v) is 0.668. The number of carbonyl (C=O) groups excluding carboxylic acids is 1. The summed E-state index contributed by atoms with van der Waals surface area (Å²) in [6.07, 6.45) is 2.90. The minimum absolute atomic E-state index is 0.0423. The minimum Gasteiger partial charge on any atom is -0.478 e. The van der Waals surface area contributed by atoms with E-state index in [1.54, 1.807) is 0 Å². The molecule has 0 amide bonds. The smallest absolute Gasteiger partial charge is 0.337 e. The molecule has 1 atom stereocenters. The average molecular weight is 212 g/mol. The molecule has 0 heterocycles. The summed E-state index contributed by atoms with van der Waals surface area (Å²) in [5.74, 6) is -1.40. The van der Waals surface area contributed by atoms with E-state index in [-0.39, 0.29) is 5.57 Å². The van der Waals surface area contributed by atoms with Gasteiger partial charge in [-0.25, -0.2) is 9.59 Å². The Morgan fingerprint density at radius 1 is 1.47 bits per heavy atom. The Bertz CT molecular complexity index is 278. The van der Waals surface area contributed by atoms with Crippen molar-refractivity contribution >= 4 is 11.9 Å². The molecular formula is C11H16O4. The zero-order valence-electron chi connectivity index (χ0n) is 9.03. The molecule has 15 heavy (non-hydrogen) atoms. The standard InChI is InChI=1S/C11H16O4/c1-4-8(2)7-15-11(14)9(3)5-6-10(12)13/h5-6,8H,3-4,7H2,1-2H3,(H,12,13). The molecule has 0 aromatic carbocycles. The quantitative estimate of drug-likeness (QED) is 0.414. The van der Waals surface area contributed by atoms with Gasteiger partial charge in [-0.15, -0.1) is 0 Å². The normalized spacial score (nSPS) is 12.4. The van der Waals surface area contributed by atoms with Crippen LogP contribution in [0, 0.1) is 5.92 Å². The predicted molar refractivity (Wildman–Crippen MR) is 56.3 cm³/mol. The van der Waals surface area contributed by atoms with E-state index < -0.39 is 11.9 Å². The average Bonchev–Trinajstić information content (AvgIpc) is 2.21. The highest BCUT2D eigenvalue weighted by Gasteiger charge is 2.07. The molecule has 4 nitrogen and oxygen atoms in total. The van der Waals surface area contributed by atoms with Crippen molar-refractivity contribution in [3.63, 3.8) is 0 Å². The zero-order chi connectivity index (χ0) is 11.8. The maximum atomic E-state index is 11.2. The summed E-state index contributed by atoms with van der Waals surface area (Å²) in [4.78, 5) is 21.4. The highest BCUT2D eigenvalue weighted by Crippen LogP contribution is 2.04. The maximum Gasteiger partial charge on any atom is 0.337 e. The molecular weight excluding hydrogens is 196 g/mol. The molecule has 0 rings (SSSR count). The Morgan fingerprint density at radius 3 is 2.53 bits per heavy atom. The first-order chi connectivity index (χ1) is 6.97. The van der Waals surface area contributed by atoms with E-state index >= 15 is 0 Å². The van der Waals surface area contributed by atoms with Crippen molar-refractivity contribution < 1.29 is 19.4 Å². The first-order valence-electron chi connectivity index (χ1n) is 4.74. The highest BCUT2D eigenvalue weighted by molar-refractivity contribution is 5.93. The molecule has 0 aliphatic rings. The van der Waals surface area contributed by atoms with Gasteiger partial charge in [0.2, 0.25) is 0 Å². The Morgan fingerprint density at radius 2 is 2.07 bits per heavy atom. The van der Waals surface area contributed by atoms with Crippen LogP contribution in [0.4, 0.5) is 0 Å². The summed E-state index contributed by atoms with van der Waals surface area (Å²) < 4.78 is 4.91. The SMILES string of the molecule is C=C(C=CC(=O)O)C(=O)OCC(C)CC. The van der Waals surface area contributed by atoms with Crippen LogP contribution >= 0.6 is 0 Å². The Balaban J connectivity index is 4.00. The number of hydrogen-bond acceptors (Lipinski definition) is 3. The number of hydrogen-bond donors (Lipinski definition) is 1. The monoisotopic (exact) mass is 212 g/mol. The minimum atomic E-state index is -1.12. The molecule has 4 heteroatoms. The summed E-state index contributed by atoms with van der Waals surface area (Å²) >= 11 is 0. The molecule has 0 aliphatic heterocycles. The Kier molecular flexibility index (Phi) is 6.09. The summed E-state index contributed by atoms with van der Waals surface area (Å²) in [7, 11) is 0. The topological polar surface area (TPSA) is 63.6 Å². The van der Waals surface area contributed by atoms with Crippen LogP contribution in [0.3, 0.4) is 0 Å². The lowest BCUT2D eigenvalue weighted by molar-refractivity contribution is -0.139. The number of aliphatic carboxylic acids is 1. The molecule has 0 aromatic heterocycles. The lowest BCUT2D eigenvalue weighted by Crippen LogP contribution is -2.12. The number of ether oxygens (including phenoxy) is 1. The van der Waals surface area contributed by atoms with Gasteiger partial charge in [-0.3, -0.25) is 0 Å². The lowest BCUT2D eigenvalue weighted by Gasteiger charge is -2.09. The third kappa shape index (κ3) is 6.49. The van der Waals surface area contributed by atoms with Crippen molar-refractivity contribution in [2.45, 2.75) is 20.3 Å². The molecule has 0 aromatic rings. The van der Waals surface area contributed by atoms with Crippen LogP contribution in [0.2, 0.25) is 0 Å². The van der Waals surface area contributed by atoms with Crippen LogP contribution in [0.1, 0.15) is 20.3 Å². The van der Waals surface area contributed by atoms with Gasteiger partial charge in [0.25, 0.3) is 0 Å². The molecule has 84 valence electrons. The zero-order valence-corrected chi connectivity index (χ0v) is 9.03. The van der Waals surface area contributed by atoms with Crippen molar-refractivity contribution in [1.29, 1.82) is 0 Å². The fourth-order valence-electron chi connectivity index (χ4n) is 0.668. The summed E-state index contributed by atoms with van der Waals surface area (Å²) in [5.41, 5.74) is 0.0423. The van der Waals surface area contributed by atoms with Crippen molar-refractivity contribution in [3.8, 4) is 0 Å². The number of carboxylic acid groups (broad SMARTS) is 1. The third-order valence-electron chi connectivity index (χ3n) is 1.89. The molecule has 0 saturated carbocycles. The van der Waals surface area contributed by atoms with Gasteiger partial charge in [-0.2, -0.15) is 0 Å². The van der Waals surface area contributed by atoms with E-state index in [1.165, 1.54) is 0 Å². The molecule has 0 aliphatic carbocycles. The van der Waals surface area contributed by atoms with Crippen molar-refractivity contribution in [2.24, 2.45) is 5.92 Å². The summed E-state index contributed by atoms with van der Waals surface area (Å²) in [5, 5.41) is 8.32. The largest absolute Gasteiger partial charge is 0.478 e. The number of esters is 1. The van der Waals surface area contributed by atoms with E-state index in [0.29, 0.717) is 12.5 Å². The third-order valence-corrected chi connectivity index (χ3v) is 1.89. The van der Waals surface area contributed by atoms with Crippen LogP contribution in [0.5, 0.6) is 0 Å². The second-order valence-electron chi connectivity index (χ2n) is 3.31. The van der Waals surface area contributed by atoms with Gasteiger partial charge in [0, 0.05) is 6.08 Å². The first kappa shape index (κ1) is 13.4. The van der Waals surface area contributed by atoms with Gasteiger partial charge in [0.15, 0.2) is 0 Å². The van der Waals surface area contributed by atoms with Crippen LogP contribution in [0.15, 0.2) is 24.3 Å². The Labute approximate surface area is 89.2 Å². The second kappa shape index (κ2) is 6.81. The van der Waals surface area contributed by atoms with E-state index in [1.807, 2.05) is 13.8 Å². The molecule has 1 unspecified atom stereocenters. The van der Waals surface area contributed by atoms with Crippen molar-refractivity contribution in [3.05, 3.63) is 24.3 Å². The van der Waals surface area contributed by atoms with Gasteiger partial charge in [0.1, 0.15) is 0 Å². The van der Waals surface area contributed by atoms with Crippen molar-refractivity contribution in [1.82, 2.24) is 0 Å². The first-order valence-corrected chi connectivity index (χ1v) is 4.74. The summed E-state index contributed by atoms with van der Waals surface area (Å²) in [6.45, 7) is 7.69. The number of carboxylic acids is 1. The Hall–Kier alpha value is -1.58. The fraction of sp³-hybridized carbons (Fsp3) is 0.455. The van der Waals surface area contributed by atoms with Gasteiger partial charge in [-0.1, -0.05) is 26.8 Å². The van der Waals surface area contributed by atoms with E-state index in [4.69, 9.17) is 9.84 Å². The van der Waals surface area contributed by atoms with E-state index in [9.17, 15) is 9.59 Å². The van der Waals surface area contributed by atoms with Crippen LogP contribution in [-0.4, -0.2) is 23.7 Å². The molecule has 1 N–H and O–H groups in total. The van der Waals surface area contributed by atoms with Gasteiger partial charge >= 0.3 is 11.9 Å². The molecule has 0 saturated heterocycles. The highest BCUT2D eigenvalue weighted by atomic mass is 16.5. The summed E-state index contributed by atoms with van der Waals surface area (Å²) in [6, 6.07) is 0. The second-order valence-corrected chi connectivity index (χ2v) is 3.31.